The molecule has 110 valence electrons. The largest absolute Gasteiger partial charge is 0.339 e. The van der Waals surface area contributed by atoms with Gasteiger partial charge >= 0.3 is 0 Å². The van der Waals surface area contributed by atoms with Gasteiger partial charge in [-0.25, -0.2) is 4.68 Å². The number of aromatic nitrogens is 2. The number of piperidine rings is 1. The molecular weight excluding hydrogens is 264 g/mol. The predicted octanol–water partition coefficient (Wildman–Crippen LogP) is 1.68. The van der Waals surface area contributed by atoms with Crippen LogP contribution >= 0.6 is 0 Å². The Morgan fingerprint density at radius 2 is 1.95 bits per heavy atom. The summed E-state index contributed by atoms with van der Waals surface area (Å²) >= 11 is 0. The minimum Gasteiger partial charge on any atom is -0.339 e. The smallest absolute Gasteiger partial charge is 0.257 e. The summed E-state index contributed by atoms with van der Waals surface area (Å²) in [5, 5.41) is 4.28. The van der Waals surface area contributed by atoms with Crippen LogP contribution in [0.15, 0.2) is 42.7 Å². The van der Waals surface area contributed by atoms with Crippen molar-refractivity contribution >= 4 is 5.91 Å². The lowest BCUT2D eigenvalue weighted by molar-refractivity contribution is 0.0693. The molecule has 0 spiro atoms. The zero-order valence-electron chi connectivity index (χ0n) is 12.0. The van der Waals surface area contributed by atoms with Crippen molar-refractivity contribution in [3.05, 3.63) is 48.3 Å². The Morgan fingerprint density at radius 3 is 2.62 bits per heavy atom. The summed E-state index contributed by atoms with van der Waals surface area (Å²) in [5.74, 6) is 0.619. The van der Waals surface area contributed by atoms with Crippen molar-refractivity contribution in [2.75, 3.05) is 19.6 Å². The van der Waals surface area contributed by atoms with Gasteiger partial charge in [0.25, 0.3) is 5.91 Å². The molecule has 5 heteroatoms. The number of carbonyl (C=O) groups excluding carboxylic acids is 1. The summed E-state index contributed by atoms with van der Waals surface area (Å²) < 4.78 is 1.74. The summed E-state index contributed by atoms with van der Waals surface area (Å²) in [6.45, 7) is 2.29. The van der Waals surface area contributed by atoms with Crippen LogP contribution in [-0.2, 0) is 0 Å². The Hall–Kier alpha value is -2.14. The van der Waals surface area contributed by atoms with E-state index in [9.17, 15) is 4.79 Å². The van der Waals surface area contributed by atoms with E-state index >= 15 is 0 Å². The molecule has 0 atom stereocenters. The lowest BCUT2D eigenvalue weighted by Crippen LogP contribution is -2.39. The molecular formula is C16H20N4O. The molecule has 0 radical (unpaired) electrons. The van der Waals surface area contributed by atoms with E-state index in [-0.39, 0.29) is 5.91 Å². The summed E-state index contributed by atoms with van der Waals surface area (Å²) in [6.07, 6.45) is 5.43. The average molecular weight is 284 g/mol. The van der Waals surface area contributed by atoms with E-state index in [1.807, 2.05) is 35.2 Å². The quantitative estimate of drug-likeness (QED) is 0.932. The molecule has 1 saturated heterocycles. The Labute approximate surface area is 124 Å². The number of para-hydroxylation sites is 1. The molecule has 1 aromatic heterocycles. The van der Waals surface area contributed by atoms with Gasteiger partial charge in [0, 0.05) is 19.3 Å². The highest BCUT2D eigenvalue weighted by molar-refractivity contribution is 5.93. The lowest BCUT2D eigenvalue weighted by Gasteiger charge is -2.31. The van der Waals surface area contributed by atoms with Gasteiger partial charge in [0.2, 0.25) is 0 Å². The molecule has 0 aliphatic carbocycles. The van der Waals surface area contributed by atoms with Gasteiger partial charge in [0.15, 0.2) is 0 Å². The van der Waals surface area contributed by atoms with Crippen molar-refractivity contribution in [3.8, 4) is 5.69 Å². The van der Waals surface area contributed by atoms with Crippen LogP contribution < -0.4 is 5.73 Å². The van der Waals surface area contributed by atoms with Crippen molar-refractivity contribution in [1.29, 1.82) is 0 Å². The molecule has 2 N–H and O–H groups in total. The molecule has 1 fully saturated rings. The molecule has 3 rings (SSSR count). The standard InChI is InChI=1S/C16H20N4O/c17-10-13-6-8-19(9-7-13)16(21)14-11-18-20(12-14)15-4-2-1-3-5-15/h1-5,11-13H,6-10,17H2. The van der Waals surface area contributed by atoms with Crippen molar-refractivity contribution < 1.29 is 4.79 Å². The Bertz CT molecular complexity index is 600. The van der Waals surface area contributed by atoms with E-state index in [0.29, 0.717) is 18.0 Å². The van der Waals surface area contributed by atoms with Crippen LogP contribution in [0.2, 0.25) is 0 Å². The van der Waals surface area contributed by atoms with Gasteiger partial charge in [-0.1, -0.05) is 18.2 Å². The van der Waals surface area contributed by atoms with Gasteiger partial charge in [-0.05, 0) is 37.4 Å². The zero-order chi connectivity index (χ0) is 14.7. The minimum absolute atomic E-state index is 0.0626. The third-order valence-electron chi connectivity index (χ3n) is 4.09. The van der Waals surface area contributed by atoms with Gasteiger partial charge in [-0.3, -0.25) is 4.79 Å². The predicted molar refractivity (Wildman–Crippen MR) is 81.2 cm³/mol. The van der Waals surface area contributed by atoms with Crippen molar-refractivity contribution in [1.82, 2.24) is 14.7 Å². The summed E-state index contributed by atoms with van der Waals surface area (Å²) in [4.78, 5) is 14.4. The van der Waals surface area contributed by atoms with Crippen molar-refractivity contribution in [3.63, 3.8) is 0 Å². The molecule has 1 amide bonds. The second-order valence-corrected chi connectivity index (χ2v) is 5.48. The van der Waals surface area contributed by atoms with Crippen LogP contribution in [0.25, 0.3) is 5.69 Å². The van der Waals surface area contributed by atoms with Gasteiger partial charge in [0.05, 0.1) is 17.4 Å². The SMILES string of the molecule is NCC1CCN(C(=O)c2cnn(-c3ccccc3)c2)CC1. The number of carbonyl (C=O) groups is 1. The minimum atomic E-state index is 0.0626. The maximum absolute atomic E-state index is 12.5. The molecule has 0 saturated carbocycles. The molecule has 1 aliphatic heterocycles. The molecule has 2 heterocycles. The van der Waals surface area contributed by atoms with E-state index in [2.05, 4.69) is 5.10 Å². The first kappa shape index (κ1) is 13.8. The highest BCUT2D eigenvalue weighted by Crippen LogP contribution is 2.18. The molecule has 1 aliphatic rings. The molecule has 1 aromatic carbocycles. The summed E-state index contributed by atoms with van der Waals surface area (Å²) in [6, 6.07) is 9.80. The fourth-order valence-electron chi connectivity index (χ4n) is 2.71. The summed E-state index contributed by atoms with van der Waals surface area (Å²) in [5.41, 5.74) is 7.29. The molecule has 5 nitrogen and oxygen atoms in total. The van der Waals surface area contributed by atoms with Crippen molar-refractivity contribution in [2.24, 2.45) is 11.7 Å². The topological polar surface area (TPSA) is 64.2 Å². The lowest BCUT2D eigenvalue weighted by atomic mass is 9.97. The Balaban J connectivity index is 1.70. The maximum atomic E-state index is 12.5. The third-order valence-corrected chi connectivity index (χ3v) is 4.09. The van der Waals surface area contributed by atoms with Gasteiger partial charge < -0.3 is 10.6 Å². The number of likely N-dealkylation sites (tertiary alicyclic amines) is 1. The highest BCUT2D eigenvalue weighted by atomic mass is 16.2. The monoisotopic (exact) mass is 284 g/mol. The van der Waals surface area contributed by atoms with Crippen LogP contribution in [0.3, 0.4) is 0 Å². The number of nitrogens with zero attached hydrogens (tertiary/aromatic N) is 3. The zero-order valence-corrected chi connectivity index (χ0v) is 12.0. The highest BCUT2D eigenvalue weighted by Gasteiger charge is 2.23. The number of amides is 1. The van der Waals surface area contributed by atoms with Crippen LogP contribution in [-0.4, -0.2) is 40.2 Å². The first-order chi connectivity index (χ1) is 10.3. The number of rotatable bonds is 3. The molecule has 2 aromatic rings. The number of nitrogens with two attached hydrogens (primary N) is 1. The van der Waals surface area contributed by atoms with Gasteiger partial charge in [-0.15, -0.1) is 0 Å². The average Bonchev–Trinajstić information content (AvgIpc) is 3.05. The third kappa shape index (κ3) is 2.97. The molecule has 21 heavy (non-hydrogen) atoms. The van der Waals surface area contributed by atoms with E-state index in [1.54, 1.807) is 17.1 Å². The first-order valence-electron chi connectivity index (χ1n) is 7.37. The van der Waals surface area contributed by atoms with Crippen LogP contribution in [0, 0.1) is 5.92 Å². The van der Waals surface area contributed by atoms with Gasteiger partial charge in [-0.2, -0.15) is 5.10 Å². The fraction of sp³-hybridized carbons (Fsp3) is 0.375. The summed E-state index contributed by atoms with van der Waals surface area (Å²) in [7, 11) is 0. The van der Waals surface area contributed by atoms with Crippen LogP contribution in [0.4, 0.5) is 0 Å². The number of benzene rings is 1. The second-order valence-electron chi connectivity index (χ2n) is 5.48. The van der Waals surface area contributed by atoms with Crippen LogP contribution in [0.1, 0.15) is 23.2 Å². The normalized spacial score (nSPS) is 16.1. The maximum Gasteiger partial charge on any atom is 0.257 e. The number of hydrogen-bond acceptors (Lipinski definition) is 3. The molecule has 0 unspecified atom stereocenters. The van der Waals surface area contributed by atoms with Crippen molar-refractivity contribution in [2.45, 2.75) is 12.8 Å². The Kier molecular flexibility index (Phi) is 4.01. The number of hydrogen-bond donors (Lipinski definition) is 1. The van der Waals surface area contributed by atoms with E-state index in [0.717, 1.165) is 31.6 Å². The fourth-order valence-corrected chi connectivity index (χ4v) is 2.71. The second kappa shape index (κ2) is 6.10. The molecule has 0 bridgehead atoms. The van der Waals surface area contributed by atoms with E-state index < -0.39 is 0 Å². The van der Waals surface area contributed by atoms with Gasteiger partial charge in [0.1, 0.15) is 0 Å². The van der Waals surface area contributed by atoms with Crippen LogP contribution in [0.5, 0.6) is 0 Å². The Morgan fingerprint density at radius 1 is 1.24 bits per heavy atom. The van der Waals surface area contributed by atoms with E-state index in [4.69, 9.17) is 5.73 Å². The first-order valence-corrected chi connectivity index (χ1v) is 7.37. The van der Waals surface area contributed by atoms with E-state index in [1.165, 1.54) is 0 Å².